The van der Waals surface area contributed by atoms with Gasteiger partial charge in [-0.2, -0.15) is 0 Å². The van der Waals surface area contributed by atoms with Crippen LogP contribution in [0.4, 0.5) is 0 Å². The van der Waals surface area contributed by atoms with Gasteiger partial charge in [-0.3, -0.25) is 4.79 Å². The number of hydrogen-bond donors (Lipinski definition) is 2. The lowest BCUT2D eigenvalue weighted by molar-refractivity contribution is -0.139. The third-order valence-electron chi connectivity index (χ3n) is 2.04. The molecule has 1 aromatic rings. The lowest BCUT2D eigenvalue weighted by Gasteiger charge is -2.12. The van der Waals surface area contributed by atoms with Gasteiger partial charge in [0.2, 0.25) is 0 Å². The third kappa shape index (κ3) is 3.10. The minimum Gasteiger partial charge on any atom is -0.480 e. The molecule has 0 aliphatic carbocycles. The molecule has 0 aromatic carbocycles. The summed E-state index contributed by atoms with van der Waals surface area (Å²) in [5.74, 6) is -1.49. The van der Waals surface area contributed by atoms with E-state index in [1.165, 1.54) is 12.3 Å². The van der Waals surface area contributed by atoms with Crippen molar-refractivity contribution in [1.82, 2.24) is 5.32 Å². The van der Waals surface area contributed by atoms with Gasteiger partial charge < -0.3 is 14.8 Å². The number of amides is 1. The van der Waals surface area contributed by atoms with Crippen LogP contribution in [0.25, 0.3) is 0 Å². The Balaban J connectivity index is 2.69. The molecule has 5 nitrogen and oxygen atoms in total. The van der Waals surface area contributed by atoms with Gasteiger partial charge in [-0.25, -0.2) is 4.79 Å². The lowest BCUT2D eigenvalue weighted by Crippen LogP contribution is -2.40. The van der Waals surface area contributed by atoms with Crippen molar-refractivity contribution in [3.8, 4) is 0 Å². The summed E-state index contributed by atoms with van der Waals surface area (Å²) in [4.78, 5) is 22.5. The van der Waals surface area contributed by atoms with Gasteiger partial charge in [-0.15, -0.1) is 0 Å². The van der Waals surface area contributed by atoms with E-state index in [0.717, 1.165) is 0 Å². The Morgan fingerprint density at radius 2 is 2.31 bits per heavy atom. The van der Waals surface area contributed by atoms with Gasteiger partial charge in [0.25, 0.3) is 5.91 Å². The number of carboxylic acids is 1. The highest BCUT2D eigenvalue weighted by Crippen LogP contribution is 2.17. The van der Waals surface area contributed by atoms with Crippen LogP contribution < -0.4 is 5.32 Å². The second-order valence-electron chi connectivity index (χ2n) is 3.26. The van der Waals surface area contributed by atoms with Crippen molar-refractivity contribution >= 4 is 27.8 Å². The SMILES string of the molecule is CCCC(NC(=O)c1ccoc1Br)C(=O)O. The maximum atomic E-state index is 11.7. The number of rotatable bonds is 5. The number of carbonyl (C=O) groups excluding carboxylic acids is 1. The van der Waals surface area contributed by atoms with E-state index in [0.29, 0.717) is 23.1 Å². The van der Waals surface area contributed by atoms with Crippen LogP contribution in [0, 0.1) is 0 Å². The fraction of sp³-hybridized carbons (Fsp3) is 0.400. The molecule has 1 aromatic heterocycles. The summed E-state index contributed by atoms with van der Waals surface area (Å²) in [7, 11) is 0. The quantitative estimate of drug-likeness (QED) is 0.869. The zero-order valence-electron chi connectivity index (χ0n) is 8.70. The summed E-state index contributed by atoms with van der Waals surface area (Å²) in [6.07, 6.45) is 2.44. The topological polar surface area (TPSA) is 79.5 Å². The van der Waals surface area contributed by atoms with E-state index in [9.17, 15) is 9.59 Å². The standard InChI is InChI=1S/C10H12BrNO4/c1-2-3-7(10(14)15)12-9(13)6-4-5-16-8(6)11/h4-5,7H,2-3H2,1H3,(H,12,13)(H,14,15). The largest absolute Gasteiger partial charge is 0.480 e. The zero-order chi connectivity index (χ0) is 12.1. The molecule has 0 spiro atoms. The molecular weight excluding hydrogens is 278 g/mol. The minimum absolute atomic E-state index is 0.294. The van der Waals surface area contributed by atoms with Gasteiger partial charge in [0.15, 0.2) is 4.67 Å². The number of carboxylic acid groups (broad SMARTS) is 1. The summed E-state index contributed by atoms with van der Waals surface area (Å²) < 4.78 is 5.19. The van der Waals surface area contributed by atoms with Crippen molar-refractivity contribution < 1.29 is 19.1 Å². The molecular formula is C10H12BrNO4. The Bertz CT molecular complexity index is 388. The van der Waals surface area contributed by atoms with Crippen molar-refractivity contribution in [3.63, 3.8) is 0 Å². The van der Waals surface area contributed by atoms with Crippen molar-refractivity contribution in [2.75, 3.05) is 0 Å². The molecule has 6 heteroatoms. The molecule has 1 unspecified atom stereocenters. The summed E-state index contributed by atoms with van der Waals surface area (Å²) >= 11 is 3.06. The molecule has 0 saturated carbocycles. The number of halogens is 1. The molecule has 2 N–H and O–H groups in total. The molecule has 0 saturated heterocycles. The Kier molecular flexibility index (Phi) is 4.54. The molecule has 0 fully saturated rings. The summed E-state index contributed by atoms with van der Waals surface area (Å²) in [5.41, 5.74) is 0.294. The van der Waals surface area contributed by atoms with Crippen LogP contribution in [-0.2, 0) is 4.79 Å². The normalized spacial score (nSPS) is 12.1. The zero-order valence-corrected chi connectivity index (χ0v) is 10.3. The van der Waals surface area contributed by atoms with E-state index >= 15 is 0 Å². The van der Waals surface area contributed by atoms with Gasteiger partial charge in [0.05, 0.1) is 11.8 Å². The van der Waals surface area contributed by atoms with Crippen molar-refractivity contribution in [1.29, 1.82) is 0 Å². The third-order valence-corrected chi connectivity index (χ3v) is 2.66. The minimum atomic E-state index is -1.03. The maximum Gasteiger partial charge on any atom is 0.326 e. The van der Waals surface area contributed by atoms with Crippen LogP contribution in [0.15, 0.2) is 21.4 Å². The van der Waals surface area contributed by atoms with Crippen LogP contribution in [-0.4, -0.2) is 23.0 Å². The highest BCUT2D eigenvalue weighted by Gasteiger charge is 2.21. The first kappa shape index (κ1) is 12.8. The molecule has 88 valence electrons. The lowest BCUT2D eigenvalue weighted by atomic mass is 10.1. The van der Waals surface area contributed by atoms with E-state index in [1.54, 1.807) is 0 Å². The van der Waals surface area contributed by atoms with Gasteiger partial charge in [-0.1, -0.05) is 13.3 Å². The van der Waals surface area contributed by atoms with E-state index in [-0.39, 0.29) is 0 Å². The van der Waals surface area contributed by atoms with Crippen LogP contribution >= 0.6 is 15.9 Å². The first-order chi connectivity index (χ1) is 7.56. The molecule has 1 heterocycles. The first-order valence-corrected chi connectivity index (χ1v) is 5.62. The van der Waals surface area contributed by atoms with Crippen molar-refractivity contribution in [3.05, 3.63) is 22.6 Å². The van der Waals surface area contributed by atoms with Crippen molar-refractivity contribution in [2.45, 2.75) is 25.8 Å². The fourth-order valence-corrected chi connectivity index (χ4v) is 1.66. The highest BCUT2D eigenvalue weighted by atomic mass is 79.9. The van der Waals surface area contributed by atoms with Crippen molar-refractivity contribution in [2.24, 2.45) is 0 Å². The highest BCUT2D eigenvalue weighted by molar-refractivity contribution is 9.10. The Hall–Kier alpha value is -1.30. The monoisotopic (exact) mass is 289 g/mol. The van der Waals surface area contributed by atoms with E-state index in [1.807, 2.05) is 6.92 Å². The van der Waals surface area contributed by atoms with E-state index < -0.39 is 17.9 Å². The van der Waals surface area contributed by atoms with Gasteiger partial charge in [0, 0.05) is 0 Å². The Labute approximate surface area is 101 Å². The predicted octanol–water partition coefficient (Wildman–Crippen LogP) is 2.03. The molecule has 1 amide bonds. The number of furan rings is 1. The predicted molar refractivity (Wildman–Crippen MR) is 60.2 cm³/mol. The smallest absolute Gasteiger partial charge is 0.326 e. The Morgan fingerprint density at radius 1 is 1.62 bits per heavy atom. The second-order valence-corrected chi connectivity index (χ2v) is 3.98. The summed E-state index contributed by atoms with van der Waals surface area (Å²) in [6, 6.07) is 0.615. The molecule has 0 aliphatic heterocycles. The number of hydrogen-bond acceptors (Lipinski definition) is 3. The molecule has 0 bridgehead atoms. The van der Waals surface area contributed by atoms with Crippen LogP contribution in [0.3, 0.4) is 0 Å². The molecule has 0 radical (unpaired) electrons. The van der Waals surface area contributed by atoms with E-state index in [4.69, 9.17) is 9.52 Å². The molecule has 0 aliphatic rings. The van der Waals surface area contributed by atoms with Crippen LogP contribution in [0.2, 0.25) is 0 Å². The average Bonchev–Trinajstić information content (AvgIpc) is 2.63. The first-order valence-electron chi connectivity index (χ1n) is 4.83. The molecule has 1 rings (SSSR count). The fourth-order valence-electron chi connectivity index (χ4n) is 1.24. The summed E-state index contributed by atoms with van der Waals surface area (Å²) in [5, 5.41) is 11.3. The number of carbonyl (C=O) groups is 2. The Morgan fingerprint density at radius 3 is 2.75 bits per heavy atom. The van der Waals surface area contributed by atoms with Gasteiger partial charge in [-0.05, 0) is 28.4 Å². The van der Waals surface area contributed by atoms with Gasteiger partial charge >= 0.3 is 5.97 Å². The second kappa shape index (κ2) is 5.69. The number of aliphatic carboxylic acids is 1. The van der Waals surface area contributed by atoms with Crippen LogP contribution in [0.1, 0.15) is 30.1 Å². The molecule has 1 atom stereocenters. The molecule has 16 heavy (non-hydrogen) atoms. The van der Waals surface area contributed by atoms with Gasteiger partial charge in [0.1, 0.15) is 6.04 Å². The maximum absolute atomic E-state index is 11.7. The van der Waals surface area contributed by atoms with Crippen LogP contribution in [0.5, 0.6) is 0 Å². The average molecular weight is 290 g/mol. The summed E-state index contributed by atoms with van der Waals surface area (Å²) in [6.45, 7) is 1.86. The van der Waals surface area contributed by atoms with E-state index in [2.05, 4.69) is 21.2 Å². The number of nitrogens with one attached hydrogen (secondary N) is 1.